The third-order valence-corrected chi connectivity index (χ3v) is 4.59. The number of hydrogen-bond donors (Lipinski definition) is 1. The van der Waals surface area contributed by atoms with Crippen molar-refractivity contribution in [2.75, 3.05) is 26.0 Å². The largest absolute Gasteiger partial charge is 0.383 e. The van der Waals surface area contributed by atoms with Gasteiger partial charge in [-0.15, -0.1) is 23.1 Å². The number of aromatic nitrogens is 1. The fourth-order valence-electron chi connectivity index (χ4n) is 1.77. The van der Waals surface area contributed by atoms with Crippen LogP contribution in [0.15, 0.2) is 34.5 Å². The van der Waals surface area contributed by atoms with Crippen LogP contribution < -0.4 is 5.32 Å². The highest BCUT2D eigenvalue weighted by molar-refractivity contribution is 7.99. The number of nitrogens with zero attached hydrogens (tertiary/aromatic N) is 1. The van der Waals surface area contributed by atoms with Gasteiger partial charge in [0.15, 0.2) is 0 Å². The van der Waals surface area contributed by atoms with Gasteiger partial charge < -0.3 is 10.1 Å². The summed E-state index contributed by atoms with van der Waals surface area (Å²) in [6.07, 6.45) is 0. The summed E-state index contributed by atoms with van der Waals surface area (Å²) in [6.45, 7) is 4.55. The first-order chi connectivity index (χ1) is 9.83. The molecular formula is C15H20N2OS2. The summed E-state index contributed by atoms with van der Waals surface area (Å²) in [5, 5.41) is 6.51. The van der Waals surface area contributed by atoms with Gasteiger partial charge in [0.05, 0.1) is 12.3 Å². The molecular weight excluding hydrogens is 288 g/mol. The molecule has 2 rings (SSSR count). The fourth-order valence-corrected chi connectivity index (χ4v) is 3.26. The van der Waals surface area contributed by atoms with Gasteiger partial charge in [0.1, 0.15) is 5.01 Å². The van der Waals surface area contributed by atoms with E-state index in [0.717, 1.165) is 36.2 Å². The van der Waals surface area contributed by atoms with Crippen LogP contribution >= 0.6 is 23.1 Å². The van der Waals surface area contributed by atoms with Crippen molar-refractivity contribution >= 4 is 23.1 Å². The van der Waals surface area contributed by atoms with Crippen molar-refractivity contribution in [2.24, 2.45) is 0 Å². The Hall–Kier alpha value is -0.880. The van der Waals surface area contributed by atoms with E-state index in [2.05, 4.69) is 46.9 Å². The van der Waals surface area contributed by atoms with Crippen LogP contribution in [0, 0.1) is 0 Å². The maximum absolute atomic E-state index is 5.00. The summed E-state index contributed by atoms with van der Waals surface area (Å²) in [7, 11) is 1.71. The van der Waals surface area contributed by atoms with E-state index < -0.39 is 0 Å². The first-order valence-corrected chi connectivity index (χ1v) is 8.57. The van der Waals surface area contributed by atoms with Gasteiger partial charge in [-0.05, 0) is 17.9 Å². The van der Waals surface area contributed by atoms with Crippen molar-refractivity contribution in [3.05, 3.63) is 35.3 Å². The lowest BCUT2D eigenvalue weighted by Gasteiger charge is -2.01. The van der Waals surface area contributed by atoms with E-state index >= 15 is 0 Å². The van der Waals surface area contributed by atoms with Gasteiger partial charge in [-0.3, -0.25) is 0 Å². The van der Waals surface area contributed by atoms with Crippen LogP contribution in [-0.2, 0) is 11.3 Å². The van der Waals surface area contributed by atoms with Crippen LogP contribution in [0.2, 0.25) is 0 Å². The average Bonchev–Trinajstić information content (AvgIpc) is 2.94. The molecule has 1 aromatic heterocycles. The number of benzene rings is 1. The van der Waals surface area contributed by atoms with E-state index in [4.69, 9.17) is 4.74 Å². The zero-order valence-corrected chi connectivity index (χ0v) is 13.5. The molecule has 1 heterocycles. The molecule has 0 radical (unpaired) electrons. The zero-order chi connectivity index (χ0) is 14.2. The maximum Gasteiger partial charge on any atom is 0.123 e. The molecule has 20 heavy (non-hydrogen) atoms. The summed E-state index contributed by atoms with van der Waals surface area (Å²) in [4.78, 5) is 5.98. The Balaban J connectivity index is 1.93. The van der Waals surface area contributed by atoms with Crippen LogP contribution in [-0.4, -0.2) is 31.0 Å². The van der Waals surface area contributed by atoms with Gasteiger partial charge in [0, 0.05) is 36.0 Å². The minimum absolute atomic E-state index is 0.730. The van der Waals surface area contributed by atoms with Gasteiger partial charge in [-0.2, -0.15) is 0 Å². The molecule has 0 saturated heterocycles. The normalized spacial score (nSPS) is 10.9. The average molecular weight is 308 g/mol. The summed E-state index contributed by atoms with van der Waals surface area (Å²) in [5.74, 6) is 1.11. The van der Waals surface area contributed by atoms with Crippen molar-refractivity contribution in [1.82, 2.24) is 10.3 Å². The molecule has 0 saturated carbocycles. The van der Waals surface area contributed by atoms with Crippen LogP contribution in [0.4, 0.5) is 0 Å². The molecule has 0 aliphatic heterocycles. The Kier molecular flexibility index (Phi) is 6.53. The Morgan fingerprint density at radius 3 is 2.80 bits per heavy atom. The Labute approximate surface area is 128 Å². The molecule has 0 amide bonds. The first-order valence-electron chi connectivity index (χ1n) is 6.70. The number of hydrogen-bond acceptors (Lipinski definition) is 5. The molecule has 2 aromatic rings. The predicted molar refractivity (Wildman–Crippen MR) is 87.5 cm³/mol. The second-order valence-electron chi connectivity index (χ2n) is 4.27. The van der Waals surface area contributed by atoms with Gasteiger partial charge >= 0.3 is 0 Å². The van der Waals surface area contributed by atoms with Gasteiger partial charge in [-0.1, -0.05) is 19.1 Å². The van der Waals surface area contributed by atoms with Gasteiger partial charge in [-0.25, -0.2) is 4.98 Å². The van der Waals surface area contributed by atoms with Gasteiger partial charge in [0.25, 0.3) is 0 Å². The Morgan fingerprint density at radius 1 is 1.30 bits per heavy atom. The molecule has 3 nitrogen and oxygen atoms in total. The standard InChI is InChI=1S/C15H20N2OS2/c1-3-19-14-6-4-12(5-7-14)15-17-13(11-20-15)10-16-8-9-18-2/h4-7,11,16H,3,8-10H2,1-2H3. The van der Waals surface area contributed by atoms with Crippen LogP contribution in [0.3, 0.4) is 0 Å². The van der Waals surface area contributed by atoms with E-state index in [0.29, 0.717) is 0 Å². The fraction of sp³-hybridized carbons (Fsp3) is 0.400. The smallest absolute Gasteiger partial charge is 0.123 e. The number of methoxy groups -OCH3 is 1. The van der Waals surface area contributed by atoms with E-state index in [9.17, 15) is 0 Å². The highest BCUT2D eigenvalue weighted by atomic mass is 32.2. The topological polar surface area (TPSA) is 34.2 Å². The summed E-state index contributed by atoms with van der Waals surface area (Å²) < 4.78 is 5.00. The summed E-state index contributed by atoms with van der Waals surface area (Å²) >= 11 is 3.56. The Bertz CT molecular complexity index is 511. The van der Waals surface area contributed by atoms with Crippen molar-refractivity contribution in [3.8, 4) is 10.6 Å². The molecule has 1 aromatic carbocycles. The van der Waals surface area contributed by atoms with Crippen LogP contribution in [0.5, 0.6) is 0 Å². The van der Waals surface area contributed by atoms with E-state index in [-0.39, 0.29) is 0 Å². The third kappa shape index (κ3) is 4.59. The second kappa shape index (κ2) is 8.42. The van der Waals surface area contributed by atoms with E-state index in [1.54, 1.807) is 18.4 Å². The van der Waals surface area contributed by atoms with E-state index in [1.807, 2.05) is 11.8 Å². The number of ether oxygens (including phenoxy) is 1. The summed E-state index contributed by atoms with van der Waals surface area (Å²) in [6, 6.07) is 8.64. The lowest BCUT2D eigenvalue weighted by molar-refractivity contribution is 0.199. The molecule has 0 atom stereocenters. The molecule has 1 N–H and O–H groups in total. The first kappa shape index (κ1) is 15.5. The highest BCUT2D eigenvalue weighted by Crippen LogP contribution is 2.26. The van der Waals surface area contributed by atoms with Crippen molar-refractivity contribution in [3.63, 3.8) is 0 Å². The number of thioether (sulfide) groups is 1. The molecule has 5 heteroatoms. The Morgan fingerprint density at radius 2 is 2.10 bits per heavy atom. The molecule has 108 valence electrons. The third-order valence-electron chi connectivity index (χ3n) is 2.75. The maximum atomic E-state index is 5.00. The van der Waals surface area contributed by atoms with E-state index in [1.165, 1.54) is 10.5 Å². The lowest BCUT2D eigenvalue weighted by Crippen LogP contribution is -2.18. The molecule has 0 fully saturated rings. The number of nitrogens with one attached hydrogen (secondary N) is 1. The van der Waals surface area contributed by atoms with Crippen LogP contribution in [0.1, 0.15) is 12.6 Å². The number of thiazole rings is 1. The summed E-state index contributed by atoms with van der Waals surface area (Å²) in [5.41, 5.74) is 2.28. The monoisotopic (exact) mass is 308 g/mol. The minimum Gasteiger partial charge on any atom is -0.383 e. The van der Waals surface area contributed by atoms with Gasteiger partial charge in [0.2, 0.25) is 0 Å². The highest BCUT2D eigenvalue weighted by Gasteiger charge is 2.04. The molecule has 0 aliphatic rings. The predicted octanol–water partition coefficient (Wildman–Crippen LogP) is 3.66. The molecule has 0 unspecified atom stereocenters. The van der Waals surface area contributed by atoms with Crippen molar-refractivity contribution in [2.45, 2.75) is 18.4 Å². The minimum atomic E-state index is 0.730. The molecule has 0 aliphatic carbocycles. The SMILES string of the molecule is CCSc1ccc(-c2nc(CNCCOC)cs2)cc1. The van der Waals surface area contributed by atoms with Crippen molar-refractivity contribution in [1.29, 1.82) is 0 Å². The van der Waals surface area contributed by atoms with Crippen molar-refractivity contribution < 1.29 is 4.74 Å². The quantitative estimate of drug-likeness (QED) is 0.596. The second-order valence-corrected chi connectivity index (χ2v) is 6.47. The lowest BCUT2D eigenvalue weighted by atomic mass is 10.2. The van der Waals surface area contributed by atoms with Crippen LogP contribution in [0.25, 0.3) is 10.6 Å². The number of rotatable bonds is 8. The zero-order valence-electron chi connectivity index (χ0n) is 11.9. The molecule has 0 bridgehead atoms. The molecule has 0 spiro atoms.